The highest BCUT2D eigenvalue weighted by molar-refractivity contribution is 6.11. The number of nitrogens with zero attached hydrogens (tertiary/aromatic N) is 4. The van der Waals surface area contributed by atoms with E-state index in [1.807, 2.05) is 0 Å². The molecule has 0 aliphatic heterocycles. The summed E-state index contributed by atoms with van der Waals surface area (Å²) >= 11 is 0. The fourth-order valence-electron chi connectivity index (χ4n) is 25.8. The van der Waals surface area contributed by atoms with Crippen molar-refractivity contribution in [1.82, 2.24) is 9.13 Å². The van der Waals surface area contributed by atoms with Gasteiger partial charge in [-0.25, -0.2) is 0 Å². The fourth-order valence-corrected chi connectivity index (χ4v) is 25.8. The lowest BCUT2D eigenvalue weighted by Crippen LogP contribution is -2.43. The number of benzene rings is 16. The zero-order valence-corrected chi connectivity index (χ0v) is 72.6. The van der Waals surface area contributed by atoms with E-state index in [0.29, 0.717) is 35.5 Å². The molecule has 6 heteroatoms. The molecular formula is C121H102N4O2. The lowest BCUT2D eigenvalue weighted by molar-refractivity contribution is -0.00339. The third kappa shape index (κ3) is 13.0. The van der Waals surface area contributed by atoms with Gasteiger partial charge in [0.15, 0.2) is 0 Å². The average Bonchev–Trinajstić information content (AvgIpc) is 1.71. The summed E-state index contributed by atoms with van der Waals surface area (Å²) in [5, 5.41) is 5.01. The molecule has 0 N–H and O–H groups in total. The van der Waals surface area contributed by atoms with Gasteiger partial charge in [-0.05, 0) is 373 Å². The molecule has 27 rings (SSSR count). The Morgan fingerprint density at radius 3 is 1.10 bits per heavy atom. The lowest BCUT2D eigenvalue weighted by atomic mass is 9.50. The summed E-state index contributed by atoms with van der Waals surface area (Å²) in [6, 6.07) is 136. The molecule has 8 saturated carbocycles. The van der Waals surface area contributed by atoms with Gasteiger partial charge in [-0.1, -0.05) is 220 Å². The highest BCUT2D eigenvalue weighted by atomic mass is 16.5. The first kappa shape index (κ1) is 75.8. The standard InChI is InChI=1S/C121H102N4O2/c1-75-19-8-16-31-115(75)126-117-57-52-98(72-107(117)119-89-61-77-59-78(63-89)64-90(119)62-77)122(97-24-18-23-86(69-97)81-21-6-5-7-22-81)93-43-33-82(34-44-93)85-39-49-96(50-40-85)125-113-30-15-12-27-104(113)106-71-88(42-56-114(106)125)87-41-55-109-105(70-87)101-54-51-100(74-110(101)121(109,3)4)123(99-53-58-118(127-116-32-17-9-20-76(116)2)108(73-99)120-91-65-79-60-80(67-91)68-92(120)66-79)94-45-35-83(36-46-94)84-37-47-95(48-38-84)124-111-28-13-10-25-102(111)103-26-11-14-29-112(103)124/h5-58,69-74,77-80,89-92,119-120H,59-68H2,1-4H3/t77-,78+,79-,80+,89+,90-,91+,92-,119?,120?. The molecule has 9 aliphatic carbocycles. The summed E-state index contributed by atoms with van der Waals surface area (Å²) in [6.07, 6.45) is 13.5. The molecule has 2 aromatic heterocycles. The summed E-state index contributed by atoms with van der Waals surface area (Å²) in [4.78, 5) is 5.02. The molecule has 0 amide bonds. The molecular weight excluding hydrogens is 1540 g/mol. The number of aromatic nitrogens is 2. The van der Waals surface area contributed by atoms with Gasteiger partial charge < -0.3 is 28.4 Å². The van der Waals surface area contributed by atoms with E-state index in [4.69, 9.17) is 9.47 Å². The number of hydrogen-bond donors (Lipinski definition) is 0. The van der Waals surface area contributed by atoms with E-state index >= 15 is 0 Å². The molecule has 8 bridgehead atoms. The Morgan fingerprint density at radius 2 is 0.614 bits per heavy atom. The maximum Gasteiger partial charge on any atom is 0.131 e. The van der Waals surface area contributed by atoms with E-state index in [-0.39, 0.29) is 5.41 Å². The minimum absolute atomic E-state index is 0.283. The summed E-state index contributed by atoms with van der Waals surface area (Å²) in [5.74, 6) is 10.9. The molecule has 0 unspecified atom stereocenters. The van der Waals surface area contributed by atoms with Crippen LogP contribution in [0, 0.1) is 61.2 Å². The minimum atomic E-state index is -0.283. The van der Waals surface area contributed by atoms with Crippen LogP contribution in [0.3, 0.4) is 0 Å². The van der Waals surface area contributed by atoms with Crippen molar-refractivity contribution in [2.24, 2.45) is 47.3 Å². The van der Waals surface area contributed by atoms with Gasteiger partial charge >= 0.3 is 0 Å². The Labute approximate surface area is 745 Å². The number of hydrogen-bond acceptors (Lipinski definition) is 4. The molecule has 127 heavy (non-hydrogen) atoms. The van der Waals surface area contributed by atoms with Gasteiger partial charge in [0.2, 0.25) is 0 Å². The highest BCUT2D eigenvalue weighted by Crippen LogP contribution is 2.64. The quantitative estimate of drug-likeness (QED) is 0.0858. The largest absolute Gasteiger partial charge is 0.457 e. The van der Waals surface area contributed by atoms with Crippen LogP contribution >= 0.6 is 0 Å². The van der Waals surface area contributed by atoms with Gasteiger partial charge in [0.1, 0.15) is 23.0 Å². The SMILES string of the molecule is Cc1ccccc1Oc1ccc(N(c2ccc(-c3ccc(-n4c5ccccc5c5cc(-c6ccc7c(c6)-c6ccc(N(c8ccc(-c9ccc(-n%10c%11ccccc%11c%11ccccc%11%10)cc9)cc8)c8ccc(Oc9ccccc9C)c(C9[C@H]%10C[C@H]%11C[C@H](C[C@H]9C%11)C%10)c8)cc6C7(C)C)ccc54)cc3)cc2)c2cccc(-c3ccccc3)c2)cc1C1[C@H]2C[C@H]3C[C@H](C[C@H]1C3)C2. The Balaban J connectivity index is 0.536. The molecule has 0 saturated heterocycles. The Kier molecular flexibility index (Phi) is 18.1. The Morgan fingerprint density at radius 1 is 0.252 bits per heavy atom. The fraction of sp³-hybridized carbons (Fsp3) is 0.207. The minimum Gasteiger partial charge on any atom is -0.457 e. The third-order valence-corrected chi connectivity index (χ3v) is 31.2. The van der Waals surface area contributed by atoms with Crippen LogP contribution in [0.2, 0.25) is 0 Å². The topological polar surface area (TPSA) is 34.8 Å². The van der Waals surface area contributed by atoms with Gasteiger partial charge in [0.05, 0.1) is 22.1 Å². The Hall–Kier alpha value is -13.7. The van der Waals surface area contributed by atoms with Crippen LogP contribution in [0.15, 0.2) is 364 Å². The van der Waals surface area contributed by atoms with E-state index in [1.54, 1.807) is 0 Å². The maximum atomic E-state index is 7.16. The predicted octanol–water partition coefficient (Wildman–Crippen LogP) is 33.1. The van der Waals surface area contributed by atoms with Crippen LogP contribution < -0.4 is 19.3 Å². The van der Waals surface area contributed by atoms with Crippen molar-refractivity contribution in [3.05, 3.63) is 397 Å². The van der Waals surface area contributed by atoms with E-state index in [2.05, 4.69) is 411 Å². The first-order chi connectivity index (χ1) is 62.4. The van der Waals surface area contributed by atoms with Crippen molar-refractivity contribution in [3.63, 3.8) is 0 Å². The van der Waals surface area contributed by atoms with Gasteiger partial charge in [-0.15, -0.1) is 0 Å². The van der Waals surface area contributed by atoms with Crippen molar-refractivity contribution in [2.75, 3.05) is 9.80 Å². The molecule has 6 nitrogen and oxygen atoms in total. The van der Waals surface area contributed by atoms with Gasteiger partial charge in [0.25, 0.3) is 0 Å². The maximum absolute atomic E-state index is 7.16. The smallest absolute Gasteiger partial charge is 0.131 e. The highest BCUT2D eigenvalue weighted by Gasteiger charge is 2.51. The zero-order valence-electron chi connectivity index (χ0n) is 72.6. The van der Waals surface area contributed by atoms with Crippen LogP contribution in [-0.2, 0) is 5.41 Å². The van der Waals surface area contributed by atoms with Crippen molar-refractivity contribution in [2.45, 2.75) is 109 Å². The summed E-state index contributed by atoms with van der Waals surface area (Å²) < 4.78 is 19.1. The lowest BCUT2D eigenvalue weighted by Gasteiger charge is -2.54. The number of para-hydroxylation sites is 5. The van der Waals surface area contributed by atoms with Crippen LogP contribution in [0.4, 0.5) is 34.1 Å². The summed E-state index contributed by atoms with van der Waals surface area (Å²) in [7, 11) is 0. The van der Waals surface area contributed by atoms with Crippen LogP contribution in [-0.4, -0.2) is 9.13 Å². The molecule has 16 aromatic carbocycles. The number of aryl methyl sites for hydroxylation is 2. The van der Waals surface area contributed by atoms with E-state index in [0.717, 1.165) is 103 Å². The van der Waals surface area contributed by atoms with Crippen LogP contribution in [0.25, 0.3) is 111 Å². The van der Waals surface area contributed by atoms with Crippen LogP contribution in [0.1, 0.15) is 123 Å². The number of rotatable bonds is 18. The molecule has 0 spiro atoms. The first-order valence-electron chi connectivity index (χ1n) is 46.7. The van der Waals surface area contributed by atoms with Gasteiger partial charge in [-0.2, -0.15) is 0 Å². The number of anilines is 6. The second-order valence-corrected chi connectivity index (χ2v) is 38.9. The molecule has 0 atom stereocenters. The Bertz CT molecular complexity index is 7240. The number of fused-ring (bicyclic) bond motifs is 9. The summed E-state index contributed by atoms with van der Waals surface area (Å²) in [5.41, 5.74) is 33.4. The van der Waals surface area contributed by atoms with E-state index in [1.165, 1.54) is 186 Å². The zero-order chi connectivity index (χ0) is 84.3. The molecule has 618 valence electrons. The van der Waals surface area contributed by atoms with Crippen molar-refractivity contribution >= 4 is 77.7 Å². The monoisotopic (exact) mass is 1640 g/mol. The van der Waals surface area contributed by atoms with Crippen molar-refractivity contribution in [3.8, 4) is 90.0 Å². The van der Waals surface area contributed by atoms with Crippen molar-refractivity contribution in [1.29, 1.82) is 0 Å². The number of ether oxygens (including phenoxy) is 2. The predicted molar refractivity (Wildman–Crippen MR) is 526 cm³/mol. The normalized spacial score (nSPS) is 20.8. The summed E-state index contributed by atoms with van der Waals surface area (Å²) in [6.45, 7) is 9.20. The molecule has 18 aromatic rings. The van der Waals surface area contributed by atoms with Crippen LogP contribution in [0.5, 0.6) is 23.0 Å². The molecule has 0 radical (unpaired) electrons. The van der Waals surface area contributed by atoms with Gasteiger partial charge in [-0.3, -0.25) is 0 Å². The molecule has 9 aliphatic rings. The van der Waals surface area contributed by atoms with E-state index in [9.17, 15) is 0 Å². The van der Waals surface area contributed by atoms with Gasteiger partial charge in [0, 0.05) is 83.6 Å². The second-order valence-electron chi connectivity index (χ2n) is 38.9. The third-order valence-electron chi connectivity index (χ3n) is 31.2. The first-order valence-corrected chi connectivity index (χ1v) is 46.7. The molecule has 8 fully saturated rings. The molecule has 2 heterocycles. The van der Waals surface area contributed by atoms with E-state index < -0.39 is 0 Å². The average molecular weight is 1640 g/mol. The second kappa shape index (κ2) is 30.3. The van der Waals surface area contributed by atoms with Crippen molar-refractivity contribution < 1.29 is 9.47 Å².